The third-order valence-corrected chi connectivity index (χ3v) is 5.63. The summed E-state index contributed by atoms with van der Waals surface area (Å²) in [5, 5.41) is 0. The predicted molar refractivity (Wildman–Crippen MR) is 111 cm³/mol. The first-order chi connectivity index (χ1) is 14.0. The van der Waals surface area contributed by atoms with Gasteiger partial charge in [0.15, 0.2) is 0 Å². The van der Waals surface area contributed by atoms with Crippen molar-refractivity contribution in [2.75, 3.05) is 31.1 Å². The number of imide groups is 1. The molecule has 0 unspecified atom stereocenters. The van der Waals surface area contributed by atoms with E-state index in [4.69, 9.17) is 0 Å². The van der Waals surface area contributed by atoms with Crippen molar-refractivity contribution in [3.05, 3.63) is 65.2 Å². The summed E-state index contributed by atoms with van der Waals surface area (Å²) in [6, 6.07) is 15.7. The maximum Gasteiger partial charge on any atom is 0.253 e. The summed E-state index contributed by atoms with van der Waals surface area (Å²) in [6.07, 6.45) is 0.591. The standard InChI is InChI=1S/C23H25N3O3/c1-17-3-2-4-20(15-17)24-11-13-25(14-12-24)23(29)19-7-5-18(6-8-19)16-26-21(27)9-10-22(26)28/h2-8,15H,9-14,16H2,1H3. The van der Waals surface area contributed by atoms with Crippen LogP contribution in [0.5, 0.6) is 0 Å². The number of piperazine rings is 1. The lowest BCUT2D eigenvalue weighted by Gasteiger charge is -2.36. The average molecular weight is 391 g/mol. The Morgan fingerprint density at radius 2 is 1.55 bits per heavy atom. The fourth-order valence-electron chi connectivity index (χ4n) is 3.91. The molecule has 2 aromatic carbocycles. The van der Waals surface area contributed by atoms with E-state index in [-0.39, 0.29) is 24.3 Å². The highest BCUT2D eigenvalue weighted by atomic mass is 16.2. The molecular weight excluding hydrogens is 366 g/mol. The minimum atomic E-state index is -0.123. The van der Waals surface area contributed by atoms with Crippen LogP contribution in [0.15, 0.2) is 48.5 Å². The van der Waals surface area contributed by atoms with E-state index >= 15 is 0 Å². The Bertz CT molecular complexity index is 915. The largest absolute Gasteiger partial charge is 0.368 e. The number of hydrogen-bond acceptors (Lipinski definition) is 4. The van der Waals surface area contributed by atoms with Gasteiger partial charge >= 0.3 is 0 Å². The molecule has 2 aliphatic heterocycles. The average Bonchev–Trinajstić information content (AvgIpc) is 3.06. The minimum absolute atomic E-state index is 0.0220. The fraction of sp³-hybridized carbons (Fsp3) is 0.348. The summed E-state index contributed by atoms with van der Waals surface area (Å²) in [5.74, 6) is -0.225. The van der Waals surface area contributed by atoms with Crippen LogP contribution in [0.2, 0.25) is 0 Å². The minimum Gasteiger partial charge on any atom is -0.368 e. The number of anilines is 1. The molecule has 6 heteroatoms. The number of carbonyl (C=O) groups excluding carboxylic acids is 3. The van der Waals surface area contributed by atoms with Gasteiger partial charge in [-0.05, 0) is 42.3 Å². The second-order valence-corrected chi connectivity index (χ2v) is 7.69. The summed E-state index contributed by atoms with van der Waals surface area (Å²) in [7, 11) is 0. The summed E-state index contributed by atoms with van der Waals surface area (Å²) < 4.78 is 0. The number of rotatable bonds is 4. The summed E-state index contributed by atoms with van der Waals surface area (Å²) >= 11 is 0. The van der Waals surface area contributed by atoms with Gasteiger partial charge in [0.2, 0.25) is 11.8 Å². The van der Waals surface area contributed by atoms with Gasteiger partial charge in [-0.2, -0.15) is 0 Å². The summed E-state index contributed by atoms with van der Waals surface area (Å²) in [6.45, 7) is 5.36. The third-order valence-electron chi connectivity index (χ3n) is 5.63. The molecule has 0 N–H and O–H groups in total. The van der Waals surface area contributed by atoms with Crippen LogP contribution in [0.4, 0.5) is 5.69 Å². The molecule has 2 aliphatic rings. The highest BCUT2D eigenvalue weighted by molar-refractivity contribution is 6.01. The van der Waals surface area contributed by atoms with Crippen LogP contribution in [0, 0.1) is 6.92 Å². The first kappa shape index (κ1) is 19.2. The van der Waals surface area contributed by atoms with Crippen LogP contribution in [-0.2, 0) is 16.1 Å². The Balaban J connectivity index is 1.35. The molecule has 2 aromatic rings. The van der Waals surface area contributed by atoms with Crippen molar-refractivity contribution in [2.24, 2.45) is 0 Å². The SMILES string of the molecule is Cc1cccc(N2CCN(C(=O)c3ccc(CN4C(=O)CCC4=O)cc3)CC2)c1. The van der Waals surface area contributed by atoms with E-state index in [1.807, 2.05) is 17.0 Å². The maximum atomic E-state index is 12.8. The van der Waals surface area contributed by atoms with E-state index in [1.54, 1.807) is 12.1 Å². The van der Waals surface area contributed by atoms with E-state index in [0.29, 0.717) is 31.5 Å². The molecule has 0 bridgehead atoms. The van der Waals surface area contributed by atoms with E-state index < -0.39 is 0 Å². The van der Waals surface area contributed by atoms with Gasteiger partial charge in [0.25, 0.3) is 5.91 Å². The fourth-order valence-corrected chi connectivity index (χ4v) is 3.91. The van der Waals surface area contributed by atoms with Crippen LogP contribution >= 0.6 is 0 Å². The smallest absolute Gasteiger partial charge is 0.253 e. The number of benzene rings is 2. The second kappa shape index (κ2) is 8.07. The van der Waals surface area contributed by atoms with Gasteiger partial charge in [-0.1, -0.05) is 24.3 Å². The lowest BCUT2D eigenvalue weighted by molar-refractivity contribution is -0.139. The van der Waals surface area contributed by atoms with Crippen molar-refractivity contribution in [2.45, 2.75) is 26.3 Å². The third kappa shape index (κ3) is 4.16. The molecule has 0 saturated carbocycles. The molecule has 2 heterocycles. The highest BCUT2D eigenvalue weighted by Crippen LogP contribution is 2.20. The number of hydrogen-bond donors (Lipinski definition) is 0. The Hall–Kier alpha value is -3.15. The molecule has 4 rings (SSSR count). The van der Waals surface area contributed by atoms with Crippen LogP contribution in [0.25, 0.3) is 0 Å². The molecule has 0 aromatic heterocycles. The van der Waals surface area contributed by atoms with Gasteiger partial charge in [-0.3, -0.25) is 19.3 Å². The van der Waals surface area contributed by atoms with Crippen molar-refractivity contribution in [1.82, 2.24) is 9.80 Å². The molecule has 2 saturated heterocycles. The maximum absolute atomic E-state index is 12.8. The molecule has 150 valence electrons. The van der Waals surface area contributed by atoms with Gasteiger partial charge in [-0.25, -0.2) is 0 Å². The first-order valence-corrected chi connectivity index (χ1v) is 10.0. The van der Waals surface area contributed by atoms with Gasteiger partial charge in [0, 0.05) is 50.3 Å². The van der Waals surface area contributed by atoms with Crippen molar-refractivity contribution < 1.29 is 14.4 Å². The molecule has 0 atom stereocenters. The second-order valence-electron chi connectivity index (χ2n) is 7.69. The summed E-state index contributed by atoms with van der Waals surface area (Å²) in [4.78, 5) is 41.8. The lowest BCUT2D eigenvalue weighted by Crippen LogP contribution is -2.48. The van der Waals surface area contributed by atoms with Gasteiger partial charge in [0.1, 0.15) is 0 Å². The molecular formula is C23H25N3O3. The predicted octanol–water partition coefficient (Wildman–Crippen LogP) is 2.61. The first-order valence-electron chi connectivity index (χ1n) is 10.0. The number of likely N-dealkylation sites (tertiary alicyclic amines) is 1. The lowest BCUT2D eigenvalue weighted by atomic mass is 10.1. The van der Waals surface area contributed by atoms with Gasteiger partial charge in [-0.15, -0.1) is 0 Å². The van der Waals surface area contributed by atoms with Crippen LogP contribution in [0.3, 0.4) is 0 Å². The molecule has 6 nitrogen and oxygen atoms in total. The monoisotopic (exact) mass is 391 g/mol. The van der Waals surface area contributed by atoms with E-state index in [0.717, 1.165) is 18.7 Å². The van der Waals surface area contributed by atoms with Crippen LogP contribution < -0.4 is 4.90 Å². The van der Waals surface area contributed by atoms with Crippen molar-refractivity contribution >= 4 is 23.4 Å². The Labute approximate surface area is 170 Å². The van der Waals surface area contributed by atoms with Gasteiger partial charge in [0.05, 0.1) is 6.54 Å². The van der Waals surface area contributed by atoms with E-state index in [9.17, 15) is 14.4 Å². The number of carbonyl (C=O) groups is 3. The Kier molecular flexibility index (Phi) is 5.34. The van der Waals surface area contributed by atoms with Crippen molar-refractivity contribution in [1.29, 1.82) is 0 Å². The van der Waals surface area contributed by atoms with Crippen molar-refractivity contribution in [3.8, 4) is 0 Å². The molecule has 0 aliphatic carbocycles. The molecule has 2 fully saturated rings. The highest BCUT2D eigenvalue weighted by Gasteiger charge is 2.29. The molecule has 29 heavy (non-hydrogen) atoms. The zero-order valence-corrected chi connectivity index (χ0v) is 16.6. The summed E-state index contributed by atoms with van der Waals surface area (Å²) in [5.41, 5.74) is 3.93. The van der Waals surface area contributed by atoms with E-state index in [1.165, 1.54) is 16.2 Å². The molecule has 0 radical (unpaired) electrons. The zero-order valence-electron chi connectivity index (χ0n) is 16.6. The quantitative estimate of drug-likeness (QED) is 0.752. The van der Waals surface area contributed by atoms with Gasteiger partial charge < -0.3 is 9.80 Å². The topological polar surface area (TPSA) is 60.9 Å². The number of aryl methyl sites for hydroxylation is 1. The van der Waals surface area contributed by atoms with Crippen LogP contribution in [0.1, 0.15) is 34.3 Å². The molecule has 3 amide bonds. The normalized spacial score (nSPS) is 17.2. The van der Waals surface area contributed by atoms with E-state index in [2.05, 4.69) is 36.1 Å². The Morgan fingerprint density at radius 3 is 2.17 bits per heavy atom. The zero-order chi connectivity index (χ0) is 20.4. The Morgan fingerprint density at radius 1 is 0.897 bits per heavy atom. The number of amides is 3. The van der Waals surface area contributed by atoms with Crippen molar-refractivity contribution in [3.63, 3.8) is 0 Å². The van der Waals surface area contributed by atoms with Crippen LogP contribution in [-0.4, -0.2) is 53.7 Å². The number of nitrogens with zero attached hydrogens (tertiary/aromatic N) is 3. The molecule has 0 spiro atoms.